The standard InChI is InChI=1S/C20H20N4S/c1-2-24-18-9-8-15-16(19(18)23-20(24)25)6-3-7-17(15)22-12-10-14-5-4-11-21-13-14/h3-9,11,13,22H,2,10,12H2,1H3,(H,23,25). The van der Waals surface area contributed by atoms with E-state index in [1.54, 1.807) is 6.20 Å². The van der Waals surface area contributed by atoms with Crippen LogP contribution in [0.15, 0.2) is 54.9 Å². The number of rotatable bonds is 5. The highest BCUT2D eigenvalue weighted by Crippen LogP contribution is 2.30. The lowest BCUT2D eigenvalue weighted by molar-refractivity contribution is 0.774. The third-order valence-corrected chi connectivity index (χ3v) is 4.90. The van der Waals surface area contributed by atoms with Gasteiger partial charge in [-0.25, -0.2) is 0 Å². The number of nitrogens with one attached hydrogen (secondary N) is 2. The molecule has 0 aliphatic rings. The molecule has 2 aromatic carbocycles. The second-order valence-electron chi connectivity index (χ2n) is 6.07. The van der Waals surface area contributed by atoms with E-state index >= 15 is 0 Å². The number of aromatic amines is 1. The zero-order valence-electron chi connectivity index (χ0n) is 14.1. The van der Waals surface area contributed by atoms with Gasteiger partial charge in [-0.1, -0.05) is 24.3 Å². The van der Waals surface area contributed by atoms with E-state index in [0.717, 1.165) is 41.0 Å². The van der Waals surface area contributed by atoms with Gasteiger partial charge >= 0.3 is 0 Å². The SMILES string of the molecule is CCn1c(=S)[nH]c2c3cccc(NCCc4cccnc4)c3ccc21. The van der Waals surface area contributed by atoms with Crippen molar-refractivity contribution >= 4 is 39.7 Å². The van der Waals surface area contributed by atoms with Crippen molar-refractivity contribution in [3.63, 3.8) is 0 Å². The third kappa shape index (κ3) is 2.91. The number of aryl methyl sites for hydroxylation is 1. The van der Waals surface area contributed by atoms with E-state index < -0.39 is 0 Å². The predicted octanol–water partition coefficient (Wildman–Crippen LogP) is 4.92. The van der Waals surface area contributed by atoms with Gasteiger partial charge in [0.15, 0.2) is 4.77 Å². The monoisotopic (exact) mass is 348 g/mol. The summed E-state index contributed by atoms with van der Waals surface area (Å²) < 4.78 is 2.91. The van der Waals surface area contributed by atoms with Crippen LogP contribution in [0.3, 0.4) is 0 Å². The number of H-pyrrole nitrogens is 1. The fourth-order valence-electron chi connectivity index (χ4n) is 3.34. The highest BCUT2D eigenvalue weighted by molar-refractivity contribution is 7.71. The van der Waals surface area contributed by atoms with E-state index in [-0.39, 0.29) is 0 Å². The summed E-state index contributed by atoms with van der Waals surface area (Å²) in [6.07, 6.45) is 4.67. The van der Waals surface area contributed by atoms with Crippen molar-refractivity contribution in [2.45, 2.75) is 19.9 Å². The van der Waals surface area contributed by atoms with E-state index in [9.17, 15) is 0 Å². The molecule has 4 rings (SSSR count). The van der Waals surface area contributed by atoms with Crippen molar-refractivity contribution in [3.8, 4) is 0 Å². The molecular weight excluding hydrogens is 328 g/mol. The van der Waals surface area contributed by atoms with Gasteiger partial charge in [0.25, 0.3) is 0 Å². The summed E-state index contributed by atoms with van der Waals surface area (Å²) >= 11 is 5.46. The number of imidazole rings is 1. The normalized spacial score (nSPS) is 11.2. The summed E-state index contributed by atoms with van der Waals surface area (Å²) in [4.78, 5) is 7.54. The van der Waals surface area contributed by atoms with Crippen LogP contribution in [-0.2, 0) is 13.0 Å². The average molecular weight is 348 g/mol. The lowest BCUT2D eigenvalue weighted by Gasteiger charge is -2.11. The average Bonchev–Trinajstić information content (AvgIpc) is 2.98. The highest BCUT2D eigenvalue weighted by Gasteiger charge is 2.09. The molecule has 126 valence electrons. The molecule has 0 aliphatic carbocycles. The molecule has 2 heterocycles. The molecule has 0 amide bonds. The van der Waals surface area contributed by atoms with Gasteiger partial charge in [0, 0.05) is 41.9 Å². The van der Waals surface area contributed by atoms with E-state index in [1.807, 2.05) is 12.3 Å². The molecule has 0 fully saturated rings. The minimum absolute atomic E-state index is 0.778. The maximum absolute atomic E-state index is 5.46. The Morgan fingerprint density at radius 2 is 2.04 bits per heavy atom. The second kappa shape index (κ2) is 6.69. The van der Waals surface area contributed by atoms with E-state index in [0.29, 0.717) is 0 Å². The van der Waals surface area contributed by atoms with Crippen LogP contribution in [-0.4, -0.2) is 21.1 Å². The van der Waals surface area contributed by atoms with Gasteiger partial charge in [-0.05, 0) is 49.3 Å². The smallest absolute Gasteiger partial charge is 0.178 e. The molecule has 0 saturated heterocycles. The van der Waals surface area contributed by atoms with Gasteiger partial charge < -0.3 is 14.9 Å². The first-order valence-corrected chi connectivity index (χ1v) is 8.96. The van der Waals surface area contributed by atoms with Crippen molar-refractivity contribution < 1.29 is 0 Å². The Morgan fingerprint density at radius 3 is 2.84 bits per heavy atom. The van der Waals surface area contributed by atoms with Crippen LogP contribution >= 0.6 is 12.2 Å². The van der Waals surface area contributed by atoms with Crippen LogP contribution in [0.5, 0.6) is 0 Å². The van der Waals surface area contributed by atoms with Crippen LogP contribution < -0.4 is 5.32 Å². The Kier molecular flexibility index (Phi) is 4.24. The Labute approximate surface area is 151 Å². The Hall–Kier alpha value is -2.66. The summed E-state index contributed by atoms with van der Waals surface area (Å²) in [6.45, 7) is 3.85. The molecule has 25 heavy (non-hydrogen) atoms. The molecule has 0 spiro atoms. The Bertz CT molecular complexity index is 1080. The van der Waals surface area contributed by atoms with Crippen LogP contribution in [0.25, 0.3) is 21.8 Å². The third-order valence-electron chi connectivity index (χ3n) is 4.58. The first kappa shape index (κ1) is 15.8. The van der Waals surface area contributed by atoms with Crippen molar-refractivity contribution in [1.29, 1.82) is 0 Å². The van der Waals surface area contributed by atoms with Gasteiger partial charge in [0.05, 0.1) is 11.0 Å². The van der Waals surface area contributed by atoms with Crippen molar-refractivity contribution in [2.24, 2.45) is 0 Å². The first-order valence-electron chi connectivity index (χ1n) is 8.55. The van der Waals surface area contributed by atoms with Gasteiger partial charge in [0.2, 0.25) is 0 Å². The van der Waals surface area contributed by atoms with Gasteiger partial charge in [-0.2, -0.15) is 0 Å². The van der Waals surface area contributed by atoms with E-state index in [4.69, 9.17) is 12.2 Å². The van der Waals surface area contributed by atoms with Crippen LogP contribution in [0.1, 0.15) is 12.5 Å². The molecule has 0 bridgehead atoms. The maximum atomic E-state index is 5.46. The second-order valence-corrected chi connectivity index (χ2v) is 6.46. The minimum atomic E-state index is 0.778. The summed E-state index contributed by atoms with van der Waals surface area (Å²) in [5.41, 5.74) is 4.65. The van der Waals surface area contributed by atoms with Crippen LogP contribution in [0, 0.1) is 4.77 Å². The van der Waals surface area contributed by atoms with E-state index in [2.05, 4.69) is 63.2 Å². The predicted molar refractivity (Wildman–Crippen MR) is 107 cm³/mol. The molecule has 0 aliphatic heterocycles. The molecule has 4 nitrogen and oxygen atoms in total. The number of pyridine rings is 1. The molecule has 0 unspecified atom stereocenters. The summed E-state index contributed by atoms with van der Waals surface area (Å²) in [6, 6.07) is 14.8. The fourth-order valence-corrected chi connectivity index (χ4v) is 3.67. The van der Waals surface area contributed by atoms with Gasteiger partial charge in [-0.15, -0.1) is 0 Å². The van der Waals surface area contributed by atoms with Gasteiger partial charge in [0.1, 0.15) is 0 Å². The fraction of sp³-hybridized carbons (Fsp3) is 0.200. The molecule has 0 saturated carbocycles. The zero-order chi connectivity index (χ0) is 17.2. The lowest BCUT2D eigenvalue weighted by Crippen LogP contribution is -2.05. The zero-order valence-corrected chi connectivity index (χ0v) is 14.9. The number of hydrogen-bond acceptors (Lipinski definition) is 3. The molecule has 4 aromatic rings. The molecule has 2 aromatic heterocycles. The van der Waals surface area contributed by atoms with Crippen molar-refractivity contribution in [2.75, 3.05) is 11.9 Å². The summed E-state index contributed by atoms with van der Waals surface area (Å²) in [5.74, 6) is 0. The van der Waals surface area contributed by atoms with E-state index in [1.165, 1.54) is 16.3 Å². The van der Waals surface area contributed by atoms with Crippen molar-refractivity contribution in [3.05, 3.63) is 65.2 Å². The molecule has 0 radical (unpaired) electrons. The number of benzene rings is 2. The Morgan fingerprint density at radius 1 is 1.12 bits per heavy atom. The molecular formula is C20H20N4S. The van der Waals surface area contributed by atoms with Crippen molar-refractivity contribution in [1.82, 2.24) is 14.5 Å². The lowest BCUT2D eigenvalue weighted by atomic mass is 10.1. The molecule has 2 N–H and O–H groups in total. The molecule has 0 atom stereocenters. The van der Waals surface area contributed by atoms with Gasteiger partial charge in [-0.3, -0.25) is 4.98 Å². The first-order chi connectivity index (χ1) is 12.3. The summed E-state index contributed by atoms with van der Waals surface area (Å²) in [5, 5.41) is 5.97. The van der Waals surface area contributed by atoms with Crippen LogP contribution in [0.4, 0.5) is 5.69 Å². The number of aromatic nitrogens is 3. The topological polar surface area (TPSA) is 45.6 Å². The minimum Gasteiger partial charge on any atom is -0.384 e. The number of hydrogen-bond donors (Lipinski definition) is 2. The summed E-state index contributed by atoms with van der Waals surface area (Å²) in [7, 11) is 0. The number of fused-ring (bicyclic) bond motifs is 3. The number of anilines is 1. The Balaban J connectivity index is 1.68. The highest BCUT2D eigenvalue weighted by atomic mass is 32.1. The molecule has 5 heteroatoms. The maximum Gasteiger partial charge on any atom is 0.178 e. The van der Waals surface area contributed by atoms with Crippen LogP contribution in [0.2, 0.25) is 0 Å². The largest absolute Gasteiger partial charge is 0.384 e. The number of nitrogens with zero attached hydrogens (tertiary/aromatic N) is 2. The quantitative estimate of drug-likeness (QED) is 0.503.